The van der Waals surface area contributed by atoms with Crippen molar-refractivity contribution in [2.24, 2.45) is 5.92 Å². The van der Waals surface area contributed by atoms with Crippen molar-refractivity contribution in [3.8, 4) is 23.1 Å². The smallest absolute Gasteiger partial charge is 0.410 e. The maximum Gasteiger partial charge on any atom is 0.410 e. The van der Waals surface area contributed by atoms with Crippen LogP contribution in [-0.2, 0) is 20.7 Å². The van der Waals surface area contributed by atoms with Crippen molar-refractivity contribution in [1.82, 2.24) is 20.1 Å². The summed E-state index contributed by atoms with van der Waals surface area (Å²) in [6, 6.07) is 8.68. The lowest BCUT2D eigenvalue weighted by molar-refractivity contribution is -0.133. The van der Waals surface area contributed by atoms with Gasteiger partial charge in [0.2, 0.25) is 11.8 Å². The Morgan fingerprint density at radius 1 is 1.06 bits per heavy atom. The van der Waals surface area contributed by atoms with Gasteiger partial charge in [-0.3, -0.25) is 4.79 Å². The maximum atomic E-state index is 15.5. The van der Waals surface area contributed by atoms with Gasteiger partial charge in [-0.15, -0.1) is 0 Å². The van der Waals surface area contributed by atoms with Crippen LogP contribution in [0.3, 0.4) is 0 Å². The number of aromatic nitrogens is 1. The highest BCUT2D eigenvalue weighted by atomic mass is 19.1. The number of alkyl carbamates (subject to hydrolysis) is 1. The second kappa shape index (κ2) is 15.5. The molecule has 1 aromatic heterocycles. The number of likely N-dealkylation sites (tertiary alicyclic amines) is 2. The second-order valence-corrected chi connectivity index (χ2v) is 13.5. The third-order valence-electron chi connectivity index (χ3n) is 8.33. The standard InChI is InChI=1S/C35H46FN5O6/c1-22(2)45-34(44)40-16-13-24(14-17-40)23(3)46-31-12-11-27(21-38-31)25-9-10-26(29(36)18-25)19-30(39-33(43)47-35(4,5)6)32(42)41-15-7-8-28(41)20-37/h9-12,18,21-24,28,30H,7-8,13-17,19H2,1-6H3,(H,39,43). The molecule has 254 valence electrons. The number of piperidine rings is 1. The minimum absolute atomic E-state index is 0.109. The first kappa shape index (κ1) is 35.5. The Kier molecular flexibility index (Phi) is 11.7. The molecular weight excluding hydrogens is 605 g/mol. The fraction of sp³-hybridized carbons (Fsp3) is 0.571. The van der Waals surface area contributed by atoms with Gasteiger partial charge in [0.25, 0.3) is 0 Å². The van der Waals surface area contributed by atoms with Gasteiger partial charge in [0.1, 0.15) is 29.6 Å². The lowest BCUT2D eigenvalue weighted by atomic mass is 9.92. The molecular formula is C35H46FN5O6. The fourth-order valence-electron chi connectivity index (χ4n) is 5.86. The van der Waals surface area contributed by atoms with E-state index in [2.05, 4.69) is 16.4 Å². The Hall–Kier alpha value is -4.40. The molecule has 2 fully saturated rings. The Morgan fingerprint density at radius 3 is 2.36 bits per heavy atom. The molecule has 0 saturated carbocycles. The van der Waals surface area contributed by atoms with Gasteiger partial charge >= 0.3 is 12.2 Å². The molecule has 2 aromatic rings. The quantitative estimate of drug-likeness (QED) is 0.356. The van der Waals surface area contributed by atoms with Gasteiger partial charge in [0.05, 0.1) is 12.2 Å². The summed E-state index contributed by atoms with van der Waals surface area (Å²) in [5.74, 6) is -0.274. The van der Waals surface area contributed by atoms with E-state index in [1.807, 2.05) is 20.8 Å². The minimum atomic E-state index is -1.11. The van der Waals surface area contributed by atoms with E-state index >= 15 is 4.39 Å². The lowest BCUT2D eigenvalue weighted by Crippen LogP contribution is -2.51. The maximum absolute atomic E-state index is 15.5. The van der Waals surface area contributed by atoms with Crippen LogP contribution in [-0.4, -0.2) is 82.4 Å². The molecule has 0 radical (unpaired) electrons. The van der Waals surface area contributed by atoms with Crippen molar-refractivity contribution in [2.45, 2.75) is 104 Å². The van der Waals surface area contributed by atoms with Crippen LogP contribution in [0.1, 0.15) is 72.8 Å². The summed E-state index contributed by atoms with van der Waals surface area (Å²) in [6.07, 6.45) is 3.00. The van der Waals surface area contributed by atoms with E-state index in [1.54, 1.807) is 56.1 Å². The number of nitrogens with one attached hydrogen (secondary N) is 1. The molecule has 2 aliphatic heterocycles. The zero-order valence-corrected chi connectivity index (χ0v) is 28.1. The number of ether oxygens (including phenoxy) is 3. The first-order valence-electron chi connectivity index (χ1n) is 16.3. The third-order valence-corrected chi connectivity index (χ3v) is 8.33. The minimum Gasteiger partial charge on any atom is -0.474 e. The molecule has 1 N–H and O–H groups in total. The van der Waals surface area contributed by atoms with Crippen LogP contribution >= 0.6 is 0 Å². The predicted molar refractivity (Wildman–Crippen MR) is 173 cm³/mol. The van der Waals surface area contributed by atoms with Crippen LogP contribution in [0, 0.1) is 23.1 Å². The molecule has 12 heteroatoms. The van der Waals surface area contributed by atoms with E-state index < -0.39 is 35.5 Å². The Balaban J connectivity index is 1.39. The fourth-order valence-corrected chi connectivity index (χ4v) is 5.86. The number of carbonyl (C=O) groups is 3. The second-order valence-electron chi connectivity index (χ2n) is 13.5. The SMILES string of the molecule is CC(C)OC(=O)N1CCC(C(C)Oc2ccc(-c3ccc(CC(NC(=O)OC(C)(C)C)C(=O)N4CCCC4C#N)c(F)c3)cn2)CC1. The summed E-state index contributed by atoms with van der Waals surface area (Å²) in [5.41, 5.74) is 0.718. The summed E-state index contributed by atoms with van der Waals surface area (Å²) in [7, 11) is 0. The number of hydrogen-bond acceptors (Lipinski definition) is 8. The van der Waals surface area contributed by atoms with Crippen LogP contribution in [0.15, 0.2) is 36.5 Å². The molecule has 3 unspecified atom stereocenters. The number of pyridine rings is 1. The summed E-state index contributed by atoms with van der Waals surface area (Å²) < 4.78 is 32.3. The first-order valence-corrected chi connectivity index (χ1v) is 16.3. The summed E-state index contributed by atoms with van der Waals surface area (Å²) in [6.45, 7) is 12.4. The van der Waals surface area contributed by atoms with Crippen LogP contribution in [0.25, 0.3) is 11.1 Å². The Bertz CT molecular complexity index is 1450. The highest BCUT2D eigenvalue weighted by Crippen LogP contribution is 2.27. The summed E-state index contributed by atoms with van der Waals surface area (Å²) in [5, 5.41) is 12.1. The normalized spacial score (nSPS) is 18.3. The first-order chi connectivity index (χ1) is 22.2. The number of nitriles is 1. The van der Waals surface area contributed by atoms with Gasteiger partial charge in [-0.2, -0.15) is 5.26 Å². The van der Waals surface area contributed by atoms with Crippen molar-refractivity contribution < 1.29 is 33.0 Å². The van der Waals surface area contributed by atoms with E-state index in [0.717, 1.165) is 12.8 Å². The summed E-state index contributed by atoms with van der Waals surface area (Å²) >= 11 is 0. The van der Waals surface area contributed by atoms with Gasteiger partial charge < -0.3 is 29.3 Å². The summed E-state index contributed by atoms with van der Waals surface area (Å²) in [4.78, 5) is 45.9. The van der Waals surface area contributed by atoms with Gasteiger partial charge in [0, 0.05) is 43.9 Å². The zero-order chi connectivity index (χ0) is 34.3. The molecule has 0 spiro atoms. The monoisotopic (exact) mass is 651 g/mol. The predicted octanol–water partition coefficient (Wildman–Crippen LogP) is 5.86. The highest BCUT2D eigenvalue weighted by Gasteiger charge is 2.35. The van der Waals surface area contributed by atoms with Crippen LogP contribution in [0.4, 0.5) is 14.0 Å². The van der Waals surface area contributed by atoms with Gasteiger partial charge in [-0.1, -0.05) is 12.1 Å². The van der Waals surface area contributed by atoms with Crippen molar-refractivity contribution in [3.05, 3.63) is 47.9 Å². The molecule has 0 aliphatic carbocycles. The third kappa shape index (κ3) is 9.80. The van der Waals surface area contributed by atoms with Crippen LogP contribution < -0.4 is 10.1 Å². The van der Waals surface area contributed by atoms with E-state index in [1.165, 1.54) is 11.0 Å². The molecule has 2 aliphatic rings. The van der Waals surface area contributed by atoms with Gasteiger partial charge in [-0.05, 0) is 96.4 Å². The molecule has 47 heavy (non-hydrogen) atoms. The Morgan fingerprint density at radius 2 is 1.77 bits per heavy atom. The molecule has 0 bridgehead atoms. The van der Waals surface area contributed by atoms with Crippen molar-refractivity contribution in [1.29, 1.82) is 5.26 Å². The lowest BCUT2D eigenvalue weighted by Gasteiger charge is -2.34. The molecule has 3 atom stereocenters. The topological polar surface area (TPSA) is 134 Å². The number of halogens is 1. The van der Waals surface area contributed by atoms with E-state index in [9.17, 15) is 19.6 Å². The van der Waals surface area contributed by atoms with Crippen LogP contribution in [0.5, 0.6) is 5.88 Å². The van der Waals surface area contributed by atoms with E-state index in [0.29, 0.717) is 49.5 Å². The van der Waals surface area contributed by atoms with Crippen molar-refractivity contribution in [2.75, 3.05) is 19.6 Å². The molecule has 3 heterocycles. The molecule has 11 nitrogen and oxygen atoms in total. The number of nitrogens with zero attached hydrogens (tertiary/aromatic N) is 4. The Labute approximate surface area is 276 Å². The van der Waals surface area contributed by atoms with E-state index in [-0.39, 0.29) is 36.2 Å². The average molecular weight is 652 g/mol. The number of hydrogen-bond donors (Lipinski definition) is 1. The number of benzene rings is 1. The number of amides is 3. The molecule has 1 aromatic carbocycles. The number of carbonyl (C=O) groups excluding carboxylic acids is 3. The van der Waals surface area contributed by atoms with Crippen molar-refractivity contribution in [3.63, 3.8) is 0 Å². The van der Waals surface area contributed by atoms with E-state index in [4.69, 9.17) is 14.2 Å². The van der Waals surface area contributed by atoms with Crippen molar-refractivity contribution >= 4 is 18.1 Å². The largest absolute Gasteiger partial charge is 0.474 e. The zero-order valence-electron chi connectivity index (χ0n) is 28.1. The number of rotatable bonds is 9. The van der Waals surface area contributed by atoms with Gasteiger partial charge in [-0.25, -0.2) is 19.0 Å². The van der Waals surface area contributed by atoms with Crippen LogP contribution in [0.2, 0.25) is 0 Å². The molecule has 3 amide bonds. The average Bonchev–Trinajstić information content (AvgIpc) is 3.49. The molecule has 4 rings (SSSR count). The van der Waals surface area contributed by atoms with Gasteiger partial charge in [0.15, 0.2) is 0 Å². The molecule has 2 saturated heterocycles. The highest BCUT2D eigenvalue weighted by molar-refractivity contribution is 5.87.